The summed E-state index contributed by atoms with van der Waals surface area (Å²) in [6, 6.07) is 14.7. The molecule has 0 aliphatic rings. The van der Waals surface area contributed by atoms with Crippen LogP contribution < -0.4 is 19.5 Å². The number of urea groups is 1. The highest BCUT2D eigenvalue weighted by molar-refractivity contribution is 7.10. The van der Waals surface area contributed by atoms with Crippen molar-refractivity contribution in [2.75, 3.05) is 59.5 Å². The van der Waals surface area contributed by atoms with Crippen molar-refractivity contribution in [3.05, 3.63) is 69.9 Å². The van der Waals surface area contributed by atoms with Crippen LogP contribution in [-0.4, -0.2) is 75.9 Å². The number of carbonyl (C=O) groups excluding carboxylic acids is 2. The number of carbonyl (C=O) groups is 2. The molecule has 10 heteroatoms. The van der Waals surface area contributed by atoms with E-state index in [9.17, 15) is 9.59 Å². The van der Waals surface area contributed by atoms with Gasteiger partial charge in [0, 0.05) is 31.7 Å². The van der Waals surface area contributed by atoms with Gasteiger partial charge >= 0.3 is 6.03 Å². The SMILES string of the molecule is CCOc1ccccc1NC(=O)N(CCCOC)CC(=O)N(CCc1ccc(OC)c(OC)c1)Cc1sccc1C. The summed E-state index contributed by atoms with van der Waals surface area (Å²) < 4.78 is 21.7. The monoisotopic (exact) mass is 583 g/mol. The Morgan fingerprint density at radius 3 is 2.39 bits per heavy atom. The Morgan fingerprint density at radius 1 is 0.927 bits per heavy atom. The molecule has 3 aromatic rings. The number of methoxy groups -OCH3 is 3. The summed E-state index contributed by atoms with van der Waals surface area (Å²) in [7, 11) is 4.82. The molecule has 0 radical (unpaired) electrons. The van der Waals surface area contributed by atoms with Gasteiger partial charge in [0.05, 0.1) is 33.1 Å². The van der Waals surface area contributed by atoms with Gasteiger partial charge in [-0.25, -0.2) is 4.79 Å². The molecule has 0 atom stereocenters. The second-order valence-corrected chi connectivity index (χ2v) is 10.4. The number of hydrogen-bond donors (Lipinski definition) is 1. The molecule has 0 spiro atoms. The number of aryl methyl sites for hydroxylation is 1. The average molecular weight is 584 g/mol. The maximum Gasteiger partial charge on any atom is 0.322 e. The first-order valence-electron chi connectivity index (χ1n) is 13.7. The molecule has 0 aliphatic heterocycles. The van der Waals surface area contributed by atoms with Gasteiger partial charge in [0.15, 0.2) is 11.5 Å². The zero-order valence-corrected chi connectivity index (χ0v) is 25.4. The van der Waals surface area contributed by atoms with E-state index in [1.54, 1.807) is 44.8 Å². The minimum Gasteiger partial charge on any atom is -0.493 e. The van der Waals surface area contributed by atoms with Crippen molar-refractivity contribution in [3.63, 3.8) is 0 Å². The Kier molecular flexibility index (Phi) is 12.8. The smallest absolute Gasteiger partial charge is 0.322 e. The molecule has 1 heterocycles. The summed E-state index contributed by atoms with van der Waals surface area (Å²) >= 11 is 1.62. The van der Waals surface area contributed by atoms with Gasteiger partial charge in [-0.2, -0.15) is 0 Å². The van der Waals surface area contributed by atoms with E-state index < -0.39 is 0 Å². The molecular formula is C31H41N3O6S. The predicted molar refractivity (Wildman–Crippen MR) is 162 cm³/mol. The van der Waals surface area contributed by atoms with Crippen LogP contribution in [0.4, 0.5) is 10.5 Å². The molecule has 0 unspecified atom stereocenters. The van der Waals surface area contributed by atoms with Gasteiger partial charge in [0.25, 0.3) is 0 Å². The summed E-state index contributed by atoms with van der Waals surface area (Å²) in [5.74, 6) is 1.74. The van der Waals surface area contributed by atoms with Crippen LogP contribution in [0.1, 0.15) is 29.3 Å². The predicted octanol–water partition coefficient (Wildman–Crippen LogP) is 5.61. The lowest BCUT2D eigenvalue weighted by atomic mass is 10.1. The molecule has 9 nitrogen and oxygen atoms in total. The second-order valence-electron chi connectivity index (χ2n) is 9.41. The topological polar surface area (TPSA) is 89.6 Å². The van der Waals surface area contributed by atoms with E-state index in [4.69, 9.17) is 18.9 Å². The number of ether oxygens (including phenoxy) is 4. The first-order chi connectivity index (χ1) is 19.9. The number of thiophene rings is 1. The fraction of sp³-hybridized carbons (Fsp3) is 0.419. The molecule has 1 aromatic heterocycles. The number of nitrogens with zero attached hydrogens (tertiary/aromatic N) is 2. The standard InChI is InChI=1S/C31H41N3O6S/c1-6-40-26-11-8-7-10-25(26)32-31(36)34(16-9-18-37-3)22-30(35)33(21-29-23(2)15-19-41-29)17-14-24-12-13-27(38-4)28(20-24)39-5/h7-8,10-13,15,19-20H,6,9,14,16-18,21-22H2,1-5H3,(H,32,36). The Hall–Kier alpha value is -3.76. The molecule has 0 bridgehead atoms. The average Bonchev–Trinajstić information content (AvgIpc) is 3.39. The van der Waals surface area contributed by atoms with Crippen LogP contribution >= 0.6 is 11.3 Å². The molecule has 2 aromatic carbocycles. The summed E-state index contributed by atoms with van der Waals surface area (Å²) in [5, 5.41) is 4.96. The van der Waals surface area contributed by atoms with Crippen molar-refractivity contribution in [1.82, 2.24) is 9.80 Å². The van der Waals surface area contributed by atoms with Gasteiger partial charge in [-0.15, -0.1) is 11.3 Å². The number of benzene rings is 2. The molecule has 0 saturated heterocycles. The Morgan fingerprint density at radius 2 is 1.71 bits per heavy atom. The molecule has 3 amide bonds. The molecule has 1 N–H and O–H groups in total. The molecule has 0 aliphatic carbocycles. The molecule has 41 heavy (non-hydrogen) atoms. The highest BCUT2D eigenvalue weighted by atomic mass is 32.1. The van der Waals surface area contributed by atoms with E-state index in [0.717, 1.165) is 16.0 Å². The van der Waals surface area contributed by atoms with Crippen LogP contribution in [0.2, 0.25) is 0 Å². The highest BCUT2D eigenvalue weighted by Gasteiger charge is 2.23. The minimum atomic E-state index is -0.367. The zero-order chi connectivity index (χ0) is 29.6. The third-order valence-electron chi connectivity index (χ3n) is 6.59. The maximum absolute atomic E-state index is 13.8. The Balaban J connectivity index is 1.79. The van der Waals surface area contributed by atoms with Crippen LogP contribution in [0.3, 0.4) is 0 Å². The first-order valence-corrected chi connectivity index (χ1v) is 14.6. The molecule has 0 saturated carbocycles. The largest absolute Gasteiger partial charge is 0.493 e. The van der Waals surface area contributed by atoms with E-state index >= 15 is 0 Å². The van der Waals surface area contributed by atoms with Crippen LogP contribution in [0.25, 0.3) is 0 Å². The van der Waals surface area contributed by atoms with Crippen LogP contribution in [-0.2, 0) is 22.5 Å². The van der Waals surface area contributed by atoms with Crippen LogP contribution in [0.5, 0.6) is 17.2 Å². The zero-order valence-electron chi connectivity index (χ0n) is 24.6. The van der Waals surface area contributed by atoms with Crippen LogP contribution in [0.15, 0.2) is 53.9 Å². The fourth-order valence-corrected chi connectivity index (χ4v) is 5.21. The number of para-hydroxylation sites is 2. The number of nitrogens with one attached hydrogen (secondary N) is 1. The van der Waals surface area contributed by atoms with Crippen molar-refractivity contribution in [3.8, 4) is 17.2 Å². The van der Waals surface area contributed by atoms with Crippen molar-refractivity contribution < 1.29 is 28.5 Å². The van der Waals surface area contributed by atoms with E-state index in [0.29, 0.717) is 68.6 Å². The van der Waals surface area contributed by atoms with Crippen molar-refractivity contribution in [2.45, 2.75) is 33.2 Å². The molecule has 0 fully saturated rings. The quantitative estimate of drug-likeness (QED) is 0.221. The van der Waals surface area contributed by atoms with Gasteiger partial charge in [-0.05, 0) is 73.5 Å². The number of rotatable bonds is 16. The summed E-state index contributed by atoms with van der Waals surface area (Å²) in [4.78, 5) is 31.7. The highest BCUT2D eigenvalue weighted by Crippen LogP contribution is 2.28. The third kappa shape index (κ3) is 9.40. The Bertz CT molecular complexity index is 1260. The van der Waals surface area contributed by atoms with Gasteiger partial charge in [0.2, 0.25) is 5.91 Å². The van der Waals surface area contributed by atoms with Gasteiger partial charge in [-0.1, -0.05) is 18.2 Å². The Labute approximate surface area is 247 Å². The first kappa shape index (κ1) is 31.8. The van der Waals surface area contributed by atoms with Gasteiger partial charge < -0.3 is 34.1 Å². The lowest BCUT2D eigenvalue weighted by Crippen LogP contribution is -2.45. The summed E-state index contributed by atoms with van der Waals surface area (Å²) in [5.41, 5.74) is 2.72. The third-order valence-corrected chi connectivity index (χ3v) is 7.60. The maximum atomic E-state index is 13.8. The van der Waals surface area contributed by atoms with Crippen LogP contribution in [0, 0.1) is 6.92 Å². The minimum absolute atomic E-state index is 0.0668. The lowest BCUT2D eigenvalue weighted by molar-refractivity contribution is -0.132. The van der Waals surface area contributed by atoms with Crippen molar-refractivity contribution >= 4 is 29.0 Å². The molecular weight excluding hydrogens is 542 g/mol. The lowest BCUT2D eigenvalue weighted by Gasteiger charge is -2.28. The summed E-state index contributed by atoms with van der Waals surface area (Å²) in [6.45, 7) is 6.13. The van der Waals surface area contributed by atoms with Gasteiger partial charge in [0.1, 0.15) is 12.3 Å². The second kappa shape index (κ2) is 16.5. The van der Waals surface area contributed by atoms with E-state index in [-0.39, 0.29) is 18.5 Å². The van der Waals surface area contributed by atoms with E-state index in [1.807, 2.05) is 54.5 Å². The normalized spacial score (nSPS) is 10.7. The number of hydrogen-bond acceptors (Lipinski definition) is 7. The molecule has 222 valence electrons. The number of amides is 3. The van der Waals surface area contributed by atoms with E-state index in [1.165, 1.54) is 4.90 Å². The fourth-order valence-electron chi connectivity index (χ4n) is 4.29. The van der Waals surface area contributed by atoms with Gasteiger partial charge in [-0.3, -0.25) is 4.79 Å². The summed E-state index contributed by atoms with van der Waals surface area (Å²) in [6.07, 6.45) is 1.22. The molecule has 3 rings (SSSR count). The van der Waals surface area contributed by atoms with Crippen molar-refractivity contribution in [1.29, 1.82) is 0 Å². The number of anilines is 1. The van der Waals surface area contributed by atoms with Crippen molar-refractivity contribution in [2.24, 2.45) is 0 Å². The van der Waals surface area contributed by atoms with E-state index in [2.05, 4.69) is 11.4 Å².